The van der Waals surface area contributed by atoms with Gasteiger partial charge in [0.25, 0.3) is 0 Å². The van der Waals surface area contributed by atoms with Gasteiger partial charge in [-0.2, -0.15) is 0 Å². The Morgan fingerprint density at radius 3 is 3.15 bits per heavy atom. The molecule has 1 aliphatic heterocycles. The predicted molar refractivity (Wildman–Crippen MR) is 79.1 cm³/mol. The van der Waals surface area contributed by atoms with Crippen molar-refractivity contribution in [3.05, 3.63) is 24.1 Å². The Morgan fingerprint density at radius 2 is 2.35 bits per heavy atom. The van der Waals surface area contributed by atoms with Crippen molar-refractivity contribution in [3.63, 3.8) is 0 Å². The molecular formula is C16H22N2O2. The number of fused-ring (bicyclic) bond motifs is 1. The van der Waals surface area contributed by atoms with Gasteiger partial charge in [-0.1, -0.05) is 13.3 Å². The van der Waals surface area contributed by atoms with E-state index in [-0.39, 0.29) is 0 Å². The maximum absolute atomic E-state index is 5.84. The van der Waals surface area contributed by atoms with E-state index in [0.717, 1.165) is 48.7 Å². The lowest BCUT2D eigenvalue weighted by Crippen LogP contribution is -2.35. The molecule has 4 heteroatoms. The summed E-state index contributed by atoms with van der Waals surface area (Å²) in [6, 6.07) is 6.48. The molecule has 20 heavy (non-hydrogen) atoms. The first-order valence-electron chi connectivity index (χ1n) is 7.61. The van der Waals surface area contributed by atoms with E-state index in [1.807, 2.05) is 25.1 Å². The molecule has 1 N–H and O–H groups in total. The molecule has 0 saturated carbocycles. The summed E-state index contributed by atoms with van der Waals surface area (Å²) in [5.74, 6) is 1.66. The van der Waals surface area contributed by atoms with E-state index in [2.05, 4.69) is 10.3 Å². The third-order valence-corrected chi connectivity index (χ3v) is 3.85. The molecule has 0 radical (unpaired) electrons. The van der Waals surface area contributed by atoms with Gasteiger partial charge < -0.3 is 14.5 Å². The molecule has 2 aromatic rings. The van der Waals surface area contributed by atoms with Crippen LogP contribution in [0.2, 0.25) is 0 Å². The second-order valence-corrected chi connectivity index (χ2v) is 5.37. The van der Waals surface area contributed by atoms with Gasteiger partial charge in [0.1, 0.15) is 11.3 Å². The number of benzene rings is 1. The highest BCUT2D eigenvalue weighted by Crippen LogP contribution is 2.22. The highest BCUT2D eigenvalue weighted by Gasteiger charge is 2.12. The largest absolute Gasteiger partial charge is 0.493 e. The molecule has 0 aliphatic carbocycles. The predicted octanol–water partition coefficient (Wildman–Crippen LogP) is 3.30. The minimum atomic E-state index is 0.617. The van der Waals surface area contributed by atoms with Crippen LogP contribution >= 0.6 is 0 Å². The fourth-order valence-corrected chi connectivity index (χ4v) is 2.69. The smallest absolute Gasteiger partial charge is 0.195 e. The second kappa shape index (κ2) is 6.27. The molecule has 2 heterocycles. The van der Waals surface area contributed by atoms with Crippen molar-refractivity contribution in [2.24, 2.45) is 0 Å². The highest BCUT2D eigenvalue weighted by atomic mass is 16.5. The average Bonchev–Trinajstić information content (AvgIpc) is 2.91. The zero-order valence-electron chi connectivity index (χ0n) is 12.0. The van der Waals surface area contributed by atoms with Gasteiger partial charge in [0.2, 0.25) is 0 Å². The third kappa shape index (κ3) is 3.12. The number of hydrogen-bond acceptors (Lipinski definition) is 4. The number of hydrogen-bond donors (Lipinski definition) is 1. The quantitative estimate of drug-likeness (QED) is 0.908. The van der Waals surface area contributed by atoms with Crippen LogP contribution in [-0.4, -0.2) is 24.2 Å². The number of oxazole rings is 1. The van der Waals surface area contributed by atoms with E-state index in [1.165, 1.54) is 19.3 Å². The molecule has 0 amide bonds. The number of aryl methyl sites for hydroxylation is 1. The maximum Gasteiger partial charge on any atom is 0.195 e. The molecular weight excluding hydrogens is 252 g/mol. The van der Waals surface area contributed by atoms with E-state index in [1.54, 1.807) is 0 Å². The second-order valence-electron chi connectivity index (χ2n) is 5.37. The topological polar surface area (TPSA) is 47.3 Å². The zero-order chi connectivity index (χ0) is 13.8. The van der Waals surface area contributed by atoms with Crippen LogP contribution in [0.25, 0.3) is 11.1 Å². The van der Waals surface area contributed by atoms with E-state index >= 15 is 0 Å². The zero-order valence-corrected chi connectivity index (χ0v) is 12.0. The molecule has 3 rings (SSSR count). The maximum atomic E-state index is 5.84. The molecule has 4 nitrogen and oxygen atoms in total. The van der Waals surface area contributed by atoms with Crippen molar-refractivity contribution >= 4 is 11.1 Å². The van der Waals surface area contributed by atoms with Gasteiger partial charge in [-0.15, -0.1) is 0 Å². The van der Waals surface area contributed by atoms with E-state index in [9.17, 15) is 0 Å². The summed E-state index contributed by atoms with van der Waals surface area (Å²) in [4.78, 5) is 4.43. The standard InChI is InChI=1S/C16H22N2O2/c1-2-16-18-14-11-13(6-7-15(14)20-16)19-10-8-12-5-3-4-9-17-12/h6-7,11-12,17H,2-5,8-10H2,1H3. The van der Waals surface area contributed by atoms with Crippen molar-refractivity contribution in [2.75, 3.05) is 13.2 Å². The SMILES string of the molecule is CCc1nc2cc(OCCC3CCCCN3)ccc2o1. The third-order valence-electron chi connectivity index (χ3n) is 3.85. The van der Waals surface area contributed by atoms with E-state index < -0.39 is 0 Å². The fourth-order valence-electron chi connectivity index (χ4n) is 2.69. The summed E-state index contributed by atoms with van der Waals surface area (Å²) >= 11 is 0. The summed E-state index contributed by atoms with van der Waals surface area (Å²) in [7, 11) is 0. The number of nitrogens with zero attached hydrogens (tertiary/aromatic N) is 1. The van der Waals surface area contributed by atoms with Crippen LogP contribution in [0.4, 0.5) is 0 Å². The van der Waals surface area contributed by atoms with Gasteiger partial charge in [-0.25, -0.2) is 4.98 Å². The lowest BCUT2D eigenvalue weighted by molar-refractivity contribution is 0.268. The van der Waals surface area contributed by atoms with Crippen molar-refractivity contribution in [2.45, 2.75) is 45.1 Å². The van der Waals surface area contributed by atoms with Crippen molar-refractivity contribution in [1.29, 1.82) is 0 Å². The Morgan fingerprint density at radius 1 is 1.40 bits per heavy atom. The summed E-state index contributed by atoms with van der Waals surface area (Å²) in [6.45, 7) is 3.94. The van der Waals surface area contributed by atoms with Crippen molar-refractivity contribution < 1.29 is 9.15 Å². The molecule has 1 aliphatic rings. The minimum absolute atomic E-state index is 0.617. The summed E-state index contributed by atoms with van der Waals surface area (Å²) in [5.41, 5.74) is 1.72. The lowest BCUT2D eigenvalue weighted by Gasteiger charge is -2.23. The Balaban J connectivity index is 1.56. The molecule has 1 unspecified atom stereocenters. The summed E-state index contributed by atoms with van der Waals surface area (Å²) < 4.78 is 11.4. The normalized spacial score (nSPS) is 19.4. The first-order chi connectivity index (χ1) is 9.85. The number of rotatable bonds is 5. The van der Waals surface area contributed by atoms with Crippen LogP contribution in [0, 0.1) is 0 Å². The van der Waals surface area contributed by atoms with Crippen LogP contribution < -0.4 is 10.1 Å². The Bertz CT molecular complexity index is 559. The Hall–Kier alpha value is -1.55. The first-order valence-corrected chi connectivity index (χ1v) is 7.61. The van der Waals surface area contributed by atoms with Crippen LogP contribution in [0.5, 0.6) is 5.75 Å². The average molecular weight is 274 g/mol. The van der Waals surface area contributed by atoms with Crippen LogP contribution in [0.15, 0.2) is 22.6 Å². The Kier molecular flexibility index (Phi) is 4.21. The molecule has 1 aromatic carbocycles. The molecule has 1 saturated heterocycles. The van der Waals surface area contributed by atoms with E-state index in [0.29, 0.717) is 6.04 Å². The van der Waals surface area contributed by atoms with Gasteiger partial charge in [-0.3, -0.25) is 0 Å². The van der Waals surface area contributed by atoms with Crippen LogP contribution in [0.1, 0.15) is 38.5 Å². The first kappa shape index (κ1) is 13.4. The number of piperidine rings is 1. The summed E-state index contributed by atoms with van der Waals surface area (Å²) in [6.07, 6.45) is 5.79. The van der Waals surface area contributed by atoms with Gasteiger partial charge >= 0.3 is 0 Å². The van der Waals surface area contributed by atoms with E-state index in [4.69, 9.17) is 9.15 Å². The van der Waals surface area contributed by atoms with Gasteiger partial charge in [0, 0.05) is 18.5 Å². The van der Waals surface area contributed by atoms with Crippen molar-refractivity contribution in [3.8, 4) is 5.75 Å². The minimum Gasteiger partial charge on any atom is -0.493 e. The number of aromatic nitrogens is 1. The number of ether oxygens (including phenoxy) is 1. The van der Waals surface area contributed by atoms with Crippen molar-refractivity contribution in [1.82, 2.24) is 10.3 Å². The van der Waals surface area contributed by atoms with Gasteiger partial charge in [0.15, 0.2) is 11.5 Å². The van der Waals surface area contributed by atoms with Gasteiger partial charge in [0.05, 0.1) is 6.61 Å². The molecule has 0 spiro atoms. The fraction of sp³-hybridized carbons (Fsp3) is 0.562. The number of nitrogens with one attached hydrogen (secondary N) is 1. The molecule has 108 valence electrons. The molecule has 0 bridgehead atoms. The summed E-state index contributed by atoms with van der Waals surface area (Å²) in [5, 5.41) is 3.54. The monoisotopic (exact) mass is 274 g/mol. The molecule has 1 aromatic heterocycles. The molecule has 1 atom stereocenters. The Labute approximate surface area is 119 Å². The van der Waals surface area contributed by atoms with Gasteiger partial charge in [-0.05, 0) is 37.9 Å². The highest BCUT2D eigenvalue weighted by molar-refractivity contribution is 5.74. The van der Waals surface area contributed by atoms with Crippen LogP contribution in [-0.2, 0) is 6.42 Å². The molecule has 1 fully saturated rings. The van der Waals surface area contributed by atoms with Crippen LogP contribution in [0.3, 0.4) is 0 Å². The lowest BCUT2D eigenvalue weighted by atomic mass is 10.0.